The van der Waals surface area contributed by atoms with Crippen LogP contribution in [0, 0.1) is 5.92 Å². The third-order valence-corrected chi connectivity index (χ3v) is 4.68. The van der Waals surface area contributed by atoms with Crippen molar-refractivity contribution in [3.8, 4) is 5.75 Å². The van der Waals surface area contributed by atoms with Crippen LogP contribution in [0.2, 0.25) is 0 Å². The second-order valence-electron chi connectivity index (χ2n) is 5.62. The van der Waals surface area contributed by atoms with Crippen LogP contribution in [0.1, 0.15) is 18.4 Å². The monoisotopic (exact) mass is 325 g/mol. The first-order chi connectivity index (χ1) is 9.24. The number of aliphatic hydroxyl groups is 1. The van der Waals surface area contributed by atoms with E-state index in [2.05, 4.69) is 33.0 Å². The molecule has 0 aliphatic carbocycles. The van der Waals surface area contributed by atoms with Gasteiger partial charge in [0.2, 0.25) is 0 Å². The molecule has 3 rings (SSSR count). The number of likely N-dealkylation sites (tertiary alicyclic amines) is 1. The van der Waals surface area contributed by atoms with Crippen molar-refractivity contribution in [3.05, 3.63) is 28.2 Å². The Morgan fingerprint density at radius 3 is 2.84 bits per heavy atom. The molecule has 0 amide bonds. The number of benzene rings is 1. The lowest BCUT2D eigenvalue weighted by Crippen LogP contribution is -2.40. The van der Waals surface area contributed by atoms with E-state index in [0.29, 0.717) is 12.5 Å². The van der Waals surface area contributed by atoms with Crippen LogP contribution >= 0.6 is 15.9 Å². The Balaban J connectivity index is 1.53. The minimum Gasteiger partial charge on any atom is -0.488 e. The lowest BCUT2D eigenvalue weighted by Gasteiger charge is -2.32. The maximum atomic E-state index is 9.16. The molecule has 0 aromatic heterocycles. The zero-order valence-corrected chi connectivity index (χ0v) is 12.6. The average molecular weight is 326 g/mol. The highest BCUT2D eigenvalue weighted by molar-refractivity contribution is 9.10. The second kappa shape index (κ2) is 5.81. The van der Waals surface area contributed by atoms with Gasteiger partial charge in [-0.2, -0.15) is 0 Å². The summed E-state index contributed by atoms with van der Waals surface area (Å²) in [6.45, 7) is 3.52. The fraction of sp³-hybridized carbons (Fsp3) is 0.600. The number of ether oxygens (including phenoxy) is 1. The van der Waals surface area contributed by atoms with E-state index in [1.54, 1.807) is 0 Å². The van der Waals surface area contributed by atoms with Crippen molar-refractivity contribution in [3.63, 3.8) is 0 Å². The quantitative estimate of drug-likeness (QED) is 0.926. The number of fused-ring (bicyclic) bond motifs is 1. The Labute approximate surface area is 122 Å². The number of aliphatic hydroxyl groups excluding tert-OH is 1. The van der Waals surface area contributed by atoms with E-state index >= 15 is 0 Å². The van der Waals surface area contributed by atoms with Crippen LogP contribution in [0.3, 0.4) is 0 Å². The number of halogens is 1. The number of nitrogens with zero attached hydrogens (tertiary/aromatic N) is 1. The molecule has 1 aromatic rings. The minimum absolute atomic E-state index is 0.287. The van der Waals surface area contributed by atoms with Crippen molar-refractivity contribution >= 4 is 15.9 Å². The summed E-state index contributed by atoms with van der Waals surface area (Å²) in [4.78, 5) is 2.47. The first-order valence-electron chi connectivity index (χ1n) is 7.03. The largest absolute Gasteiger partial charge is 0.488 e. The molecule has 1 aromatic carbocycles. The molecule has 4 heteroatoms. The summed E-state index contributed by atoms with van der Waals surface area (Å²) in [6.07, 6.45) is 3.52. The smallest absolute Gasteiger partial charge is 0.123 e. The Hall–Kier alpha value is -0.580. The fourth-order valence-electron chi connectivity index (χ4n) is 3.03. The molecule has 0 radical (unpaired) electrons. The van der Waals surface area contributed by atoms with Crippen LogP contribution in [0.5, 0.6) is 5.75 Å². The van der Waals surface area contributed by atoms with Gasteiger partial charge >= 0.3 is 0 Å². The van der Waals surface area contributed by atoms with Crippen molar-refractivity contribution < 1.29 is 9.84 Å². The van der Waals surface area contributed by atoms with E-state index in [-0.39, 0.29) is 6.10 Å². The summed E-state index contributed by atoms with van der Waals surface area (Å²) in [7, 11) is 0. The predicted octanol–water partition coefficient (Wildman–Crippen LogP) is 2.46. The molecule has 3 nitrogen and oxygen atoms in total. The summed E-state index contributed by atoms with van der Waals surface area (Å²) in [5.41, 5.74) is 1.31. The zero-order chi connectivity index (χ0) is 13.2. The average Bonchev–Trinajstić information content (AvgIpc) is 2.81. The zero-order valence-electron chi connectivity index (χ0n) is 11.0. The topological polar surface area (TPSA) is 32.7 Å². The molecule has 2 aliphatic heterocycles. The van der Waals surface area contributed by atoms with E-state index in [1.165, 1.54) is 5.56 Å². The molecule has 2 aliphatic rings. The van der Waals surface area contributed by atoms with Gasteiger partial charge in [0, 0.05) is 24.0 Å². The van der Waals surface area contributed by atoms with Gasteiger partial charge in [0.15, 0.2) is 0 Å². The Bertz CT molecular complexity index is 444. The normalized spacial score (nSPS) is 24.2. The van der Waals surface area contributed by atoms with E-state index < -0.39 is 0 Å². The van der Waals surface area contributed by atoms with Crippen LogP contribution in [-0.2, 0) is 6.42 Å². The number of hydrogen-bond donors (Lipinski definition) is 1. The summed E-state index contributed by atoms with van der Waals surface area (Å²) in [5.74, 6) is 1.55. The molecular formula is C15H20BrNO2. The SMILES string of the molecule is OCC1CCN(CC2Cc3cc(Br)ccc3O2)CC1. The van der Waals surface area contributed by atoms with Crippen LogP contribution in [0.25, 0.3) is 0 Å². The highest BCUT2D eigenvalue weighted by Gasteiger charge is 2.27. The third kappa shape index (κ3) is 3.12. The van der Waals surface area contributed by atoms with Crippen molar-refractivity contribution in [2.24, 2.45) is 5.92 Å². The van der Waals surface area contributed by atoms with Crippen LogP contribution in [0.15, 0.2) is 22.7 Å². The third-order valence-electron chi connectivity index (χ3n) is 4.19. The first-order valence-corrected chi connectivity index (χ1v) is 7.82. The Morgan fingerprint density at radius 1 is 1.32 bits per heavy atom. The lowest BCUT2D eigenvalue weighted by atomic mass is 9.97. The fourth-order valence-corrected chi connectivity index (χ4v) is 3.44. The summed E-state index contributed by atoms with van der Waals surface area (Å²) in [6, 6.07) is 6.25. The minimum atomic E-state index is 0.287. The molecule has 1 unspecified atom stereocenters. The summed E-state index contributed by atoms with van der Waals surface area (Å²) < 4.78 is 7.13. The number of piperidine rings is 1. The van der Waals surface area contributed by atoms with Crippen LogP contribution in [-0.4, -0.2) is 42.4 Å². The Kier molecular flexibility index (Phi) is 4.10. The molecular weight excluding hydrogens is 306 g/mol. The van der Waals surface area contributed by atoms with Gasteiger partial charge in [-0.25, -0.2) is 0 Å². The van der Waals surface area contributed by atoms with Gasteiger partial charge in [0.1, 0.15) is 11.9 Å². The first kappa shape index (κ1) is 13.4. The van der Waals surface area contributed by atoms with Gasteiger partial charge < -0.3 is 9.84 Å². The molecule has 2 heterocycles. The van der Waals surface area contributed by atoms with Crippen molar-refractivity contribution in [2.75, 3.05) is 26.2 Å². The highest BCUT2D eigenvalue weighted by Crippen LogP contribution is 2.31. The van der Waals surface area contributed by atoms with Crippen molar-refractivity contribution in [1.29, 1.82) is 0 Å². The van der Waals surface area contributed by atoms with E-state index in [4.69, 9.17) is 9.84 Å². The Morgan fingerprint density at radius 2 is 2.11 bits per heavy atom. The summed E-state index contributed by atoms with van der Waals surface area (Å²) >= 11 is 3.51. The molecule has 1 atom stereocenters. The van der Waals surface area contributed by atoms with E-state index in [0.717, 1.165) is 49.1 Å². The molecule has 19 heavy (non-hydrogen) atoms. The standard InChI is InChI=1S/C15H20BrNO2/c16-13-1-2-15-12(7-13)8-14(19-15)9-17-5-3-11(10-18)4-6-17/h1-2,7,11,14,18H,3-6,8-10H2. The number of hydrogen-bond acceptors (Lipinski definition) is 3. The summed E-state index contributed by atoms with van der Waals surface area (Å²) in [5, 5.41) is 9.16. The molecule has 1 N–H and O–H groups in total. The second-order valence-corrected chi connectivity index (χ2v) is 6.54. The van der Waals surface area contributed by atoms with Gasteiger partial charge in [0.25, 0.3) is 0 Å². The molecule has 0 spiro atoms. The van der Waals surface area contributed by atoms with Crippen LogP contribution < -0.4 is 4.74 Å². The lowest BCUT2D eigenvalue weighted by molar-refractivity contribution is 0.0959. The molecule has 104 valence electrons. The van der Waals surface area contributed by atoms with Gasteiger partial charge in [-0.3, -0.25) is 4.90 Å². The predicted molar refractivity (Wildman–Crippen MR) is 78.5 cm³/mol. The highest BCUT2D eigenvalue weighted by atomic mass is 79.9. The molecule has 0 saturated carbocycles. The van der Waals surface area contributed by atoms with Crippen molar-refractivity contribution in [2.45, 2.75) is 25.4 Å². The van der Waals surface area contributed by atoms with Crippen LogP contribution in [0.4, 0.5) is 0 Å². The molecule has 0 bridgehead atoms. The van der Waals surface area contributed by atoms with Crippen molar-refractivity contribution in [1.82, 2.24) is 4.90 Å². The maximum absolute atomic E-state index is 9.16. The number of rotatable bonds is 3. The van der Waals surface area contributed by atoms with Gasteiger partial charge in [-0.1, -0.05) is 15.9 Å². The van der Waals surface area contributed by atoms with Gasteiger partial charge in [-0.05, 0) is 55.6 Å². The van der Waals surface area contributed by atoms with E-state index in [9.17, 15) is 0 Å². The maximum Gasteiger partial charge on any atom is 0.123 e. The molecule has 1 fully saturated rings. The van der Waals surface area contributed by atoms with E-state index in [1.807, 2.05) is 6.07 Å². The van der Waals surface area contributed by atoms with Gasteiger partial charge in [-0.15, -0.1) is 0 Å². The van der Waals surface area contributed by atoms with Gasteiger partial charge in [0.05, 0.1) is 0 Å². The molecule has 1 saturated heterocycles.